The number of urea groups is 1. The van der Waals surface area contributed by atoms with Crippen LogP contribution in [-0.4, -0.2) is 56.0 Å². The SMILES string of the molecule is O=C(O)CCCCc1cn(CCN2C(=O)CNC2=O)nn1. The molecule has 21 heavy (non-hydrogen) atoms. The molecule has 1 aliphatic rings. The highest BCUT2D eigenvalue weighted by Crippen LogP contribution is 2.04. The molecule has 0 atom stereocenters. The first kappa shape index (κ1) is 14.9. The Balaban J connectivity index is 1.74. The summed E-state index contributed by atoms with van der Waals surface area (Å²) in [5, 5.41) is 18.9. The molecular formula is C12H17N5O4. The Labute approximate surface area is 120 Å². The molecule has 0 radical (unpaired) electrons. The normalized spacial score (nSPS) is 14.6. The summed E-state index contributed by atoms with van der Waals surface area (Å²) >= 11 is 0. The van der Waals surface area contributed by atoms with Crippen LogP contribution in [0, 0.1) is 0 Å². The van der Waals surface area contributed by atoms with Gasteiger partial charge in [0.1, 0.15) is 0 Å². The van der Waals surface area contributed by atoms with Crippen LogP contribution in [-0.2, 0) is 22.6 Å². The Kier molecular flexibility index (Phi) is 4.85. The second kappa shape index (κ2) is 6.82. The summed E-state index contributed by atoms with van der Waals surface area (Å²) in [6, 6.07) is -0.381. The first-order chi connectivity index (χ1) is 10.1. The molecule has 1 aromatic rings. The molecule has 2 heterocycles. The fraction of sp³-hybridized carbons (Fsp3) is 0.583. The molecule has 1 saturated heterocycles. The number of aliphatic carboxylic acids is 1. The zero-order valence-electron chi connectivity index (χ0n) is 11.5. The number of carboxylic acid groups (broad SMARTS) is 1. The van der Waals surface area contributed by atoms with Crippen molar-refractivity contribution in [1.29, 1.82) is 0 Å². The van der Waals surface area contributed by atoms with Gasteiger partial charge in [0, 0.05) is 12.6 Å². The minimum absolute atomic E-state index is 0.0466. The van der Waals surface area contributed by atoms with E-state index in [4.69, 9.17) is 5.11 Å². The van der Waals surface area contributed by atoms with Crippen molar-refractivity contribution in [2.75, 3.05) is 13.1 Å². The van der Waals surface area contributed by atoms with Gasteiger partial charge in [0.15, 0.2) is 0 Å². The summed E-state index contributed by atoms with van der Waals surface area (Å²) in [4.78, 5) is 34.3. The minimum atomic E-state index is -0.799. The molecule has 3 amide bonds. The Bertz CT molecular complexity index is 526. The van der Waals surface area contributed by atoms with Gasteiger partial charge in [0.2, 0.25) is 5.91 Å². The summed E-state index contributed by atoms with van der Waals surface area (Å²) in [6.07, 6.45) is 3.90. The third-order valence-electron chi connectivity index (χ3n) is 3.15. The van der Waals surface area contributed by atoms with Gasteiger partial charge < -0.3 is 10.4 Å². The quantitative estimate of drug-likeness (QED) is 0.499. The van der Waals surface area contributed by atoms with E-state index >= 15 is 0 Å². The molecule has 1 fully saturated rings. The fourth-order valence-electron chi connectivity index (χ4n) is 2.03. The van der Waals surface area contributed by atoms with Gasteiger partial charge in [-0.2, -0.15) is 0 Å². The monoisotopic (exact) mass is 295 g/mol. The van der Waals surface area contributed by atoms with Crippen molar-refractivity contribution in [2.24, 2.45) is 0 Å². The lowest BCUT2D eigenvalue weighted by Crippen LogP contribution is -2.33. The van der Waals surface area contributed by atoms with E-state index in [-0.39, 0.29) is 31.4 Å². The standard InChI is InChI=1S/C12H17N5O4/c18-10-7-13-12(21)17(10)6-5-16-8-9(14-15-16)3-1-2-4-11(19)20/h8H,1-7H2,(H,13,21)(H,19,20). The van der Waals surface area contributed by atoms with Crippen LogP contribution in [0.25, 0.3) is 0 Å². The zero-order valence-corrected chi connectivity index (χ0v) is 11.5. The minimum Gasteiger partial charge on any atom is -0.481 e. The fourth-order valence-corrected chi connectivity index (χ4v) is 2.03. The maximum absolute atomic E-state index is 11.4. The van der Waals surface area contributed by atoms with Crippen molar-refractivity contribution in [3.8, 4) is 0 Å². The van der Waals surface area contributed by atoms with Gasteiger partial charge in [-0.1, -0.05) is 5.21 Å². The van der Waals surface area contributed by atoms with Crippen molar-refractivity contribution in [1.82, 2.24) is 25.2 Å². The number of unbranched alkanes of at least 4 members (excludes halogenated alkanes) is 1. The summed E-state index contributed by atoms with van der Waals surface area (Å²) in [5.41, 5.74) is 0.776. The van der Waals surface area contributed by atoms with Crippen LogP contribution in [0.5, 0.6) is 0 Å². The van der Waals surface area contributed by atoms with E-state index in [0.717, 1.165) is 17.0 Å². The average Bonchev–Trinajstić information content (AvgIpc) is 3.01. The van der Waals surface area contributed by atoms with E-state index in [1.807, 2.05) is 0 Å². The molecule has 9 heteroatoms. The predicted octanol–water partition coefficient (Wildman–Crippen LogP) is -0.373. The van der Waals surface area contributed by atoms with Gasteiger partial charge >= 0.3 is 12.0 Å². The molecular weight excluding hydrogens is 278 g/mol. The summed E-state index contributed by atoms with van der Waals surface area (Å²) in [5.74, 6) is -1.04. The van der Waals surface area contributed by atoms with Gasteiger partial charge in [-0.3, -0.25) is 19.2 Å². The van der Waals surface area contributed by atoms with Crippen LogP contribution in [0.1, 0.15) is 25.0 Å². The first-order valence-electron chi connectivity index (χ1n) is 6.75. The topological polar surface area (TPSA) is 117 Å². The number of aryl methyl sites for hydroxylation is 1. The zero-order chi connectivity index (χ0) is 15.2. The molecule has 0 saturated carbocycles. The van der Waals surface area contributed by atoms with Gasteiger partial charge in [-0.05, 0) is 19.3 Å². The second-order valence-electron chi connectivity index (χ2n) is 4.78. The molecule has 2 rings (SSSR count). The van der Waals surface area contributed by atoms with E-state index in [0.29, 0.717) is 19.4 Å². The number of hydrogen-bond acceptors (Lipinski definition) is 5. The molecule has 0 bridgehead atoms. The first-order valence-corrected chi connectivity index (χ1v) is 6.75. The molecule has 0 aromatic carbocycles. The third kappa shape index (κ3) is 4.26. The second-order valence-corrected chi connectivity index (χ2v) is 4.78. The van der Waals surface area contributed by atoms with Crippen molar-refractivity contribution in [3.63, 3.8) is 0 Å². The average molecular weight is 295 g/mol. The number of carbonyl (C=O) groups excluding carboxylic acids is 2. The molecule has 1 aromatic heterocycles. The molecule has 2 N–H and O–H groups in total. The number of carbonyl (C=O) groups is 3. The van der Waals surface area contributed by atoms with Crippen LogP contribution in [0.3, 0.4) is 0 Å². The maximum Gasteiger partial charge on any atom is 0.324 e. The number of imide groups is 1. The van der Waals surface area contributed by atoms with E-state index in [1.54, 1.807) is 10.9 Å². The number of nitrogens with zero attached hydrogens (tertiary/aromatic N) is 4. The lowest BCUT2D eigenvalue weighted by molar-refractivity contribution is -0.137. The number of aromatic nitrogens is 3. The molecule has 1 aliphatic heterocycles. The van der Waals surface area contributed by atoms with Crippen molar-refractivity contribution < 1.29 is 19.5 Å². The predicted molar refractivity (Wildman–Crippen MR) is 70.3 cm³/mol. The smallest absolute Gasteiger partial charge is 0.324 e. The van der Waals surface area contributed by atoms with Crippen LogP contribution in [0.2, 0.25) is 0 Å². The van der Waals surface area contributed by atoms with Gasteiger partial charge in [0.25, 0.3) is 0 Å². The van der Waals surface area contributed by atoms with Crippen LogP contribution < -0.4 is 5.32 Å². The molecule has 0 spiro atoms. The van der Waals surface area contributed by atoms with Crippen LogP contribution in [0.4, 0.5) is 4.79 Å². The Hall–Kier alpha value is -2.45. The van der Waals surface area contributed by atoms with Crippen LogP contribution >= 0.6 is 0 Å². The Morgan fingerprint density at radius 2 is 2.14 bits per heavy atom. The number of rotatable bonds is 8. The number of amides is 3. The number of nitrogens with one attached hydrogen (secondary N) is 1. The summed E-state index contributed by atoms with van der Waals surface area (Å²) in [6.45, 7) is 0.693. The Morgan fingerprint density at radius 1 is 1.33 bits per heavy atom. The summed E-state index contributed by atoms with van der Waals surface area (Å²) < 4.78 is 1.57. The van der Waals surface area contributed by atoms with E-state index in [1.165, 1.54) is 0 Å². The van der Waals surface area contributed by atoms with Gasteiger partial charge in [0.05, 0.1) is 25.3 Å². The highest BCUT2D eigenvalue weighted by Gasteiger charge is 2.27. The third-order valence-corrected chi connectivity index (χ3v) is 3.15. The van der Waals surface area contributed by atoms with E-state index in [9.17, 15) is 14.4 Å². The lowest BCUT2D eigenvalue weighted by atomic mass is 10.1. The number of hydrogen-bond donors (Lipinski definition) is 2. The van der Waals surface area contributed by atoms with E-state index in [2.05, 4.69) is 15.6 Å². The maximum atomic E-state index is 11.4. The van der Waals surface area contributed by atoms with Gasteiger partial charge in [-0.15, -0.1) is 5.10 Å². The number of carboxylic acids is 1. The van der Waals surface area contributed by atoms with Crippen molar-refractivity contribution in [3.05, 3.63) is 11.9 Å². The van der Waals surface area contributed by atoms with Gasteiger partial charge in [-0.25, -0.2) is 4.79 Å². The van der Waals surface area contributed by atoms with Crippen LogP contribution in [0.15, 0.2) is 6.20 Å². The lowest BCUT2D eigenvalue weighted by Gasteiger charge is -2.11. The van der Waals surface area contributed by atoms with E-state index < -0.39 is 5.97 Å². The molecule has 9 nitrogen and oxygen atoms in total. The Morgan fingerprint density at radius 3 is 2.81 bits per heavy atom. The molecule has 114 valence electrons. The van der Waals surface area contributed by atoms with Crippen molar-refractivity contribution >= 4 is 17.9 Å². The summed E-state index contributed by atoms with van der Waals surface area (Å²) in [7, 11) is 0. The highest BCUT2D eigenvalue weighted by molar-refractivity contribution is 6.01. The largest absolute Gasteiger partial charge is 0.481 e. The highest BCUT2D eigenvalue weighted by atomic mass is 16.4. The molecule has 0 aliphatic carbocycles. The van der Waals surface area contributed by atoms with Crippen molar-refractivity contribution in [2.45, 2.75) is 32.2 Å². The molecule has 0 unspecified atom stereocenters.